The van der Waals surface area contributed by atoms with E-state index in [9.17, 15) is 9.59 Å². The lowest BCUT2D eigenvalue weighted by Crippen LogP contribution is -2.47. The van der Waals surface area contributed by atoms with E-state index < -0.39 is 5.60 Å². The molecule has 0 aromatic carbocycles. The molecule has 0 aromatic rings. The summed E-state index contributed by atoms with van der Waals surface area (Å²) in [6.07, 6.45) is 5.99. The van der Waals surface area contributed by atoms with Crippen LogP contribution >= 0.6 is 0 Å². The summed E-state index contributed by atoms with van der Waals surface area (Å²) in [4.78, 5) is 25.9. The van der Waals surface area contributed by atoms with Gasteiger partial charge in [-0.1, -0.05) is 26.2 Å². The number of likely N-dealkylation sites (tertiary alicyclic amines) is 1. The number of carbonyl (C=O) groups excluding carboxylic acids is 2. The van der Waals surface area contributed by atoms with Crippen molar-refractivity contribution < 1.29 is 14.3 Å². The van der Waals surface area contributed by atoms with Gasteiger partial charge in [0.15, 0.2) is 0 Å². The first kappa shape index (κ1) is 18.8. The fraction of sp³-hybridized carbons (Fsp3) is 0.882. The molecule has 0 aliphatic carbocycles. The number of ether oxygens (including phenoxy) is 1. The zero-order valence-corrected chi connectivity index (χ0v) is 14.6. The van der Waals surface area contributed by atoms with Crippen LogP contribution in [0.15, 0.2) is 0 Å². The Morgan fingerprint density at radius 3 is 2.59 bits per heavy atom. The first-order valence-electron chi connectivity index (χ1n) is 8.59. The molecule has 1 aliphatic heterocycles. The lowest BCUT2D eigenvalue weighted by molar-refractivity contribution is -0.126. The number of unbranched alkanes of at least 4 members (excludes halogenated alkanes) is 3. The molecule has 5 nitrogen and oxygen atoms in total. The van der Waals surface area contributed by atoms with Crippen LogP contribution in [0.2, 0.25) is 0 Å². The Morgan fingerprint density at radius 1 is 1.23 bits per heavy atom. The van der Waals surface area contributed by atoms with Crippen molar-refractivity contribution in [1.29, 1.82) is 0 Å². The summed E-state index contributed by atoms with van der Waals surface area (Å²) in [5.74, 6) is -0.0304. The standard InChI is InChI=1S/C17H32N2O3/c1-5-6-7-8-11-18-15(20)14-10-9-12-19(13-14)16(21)22-17(2,3)4/h14H,5-13H2,1-4H3,(H,18,20). The molecule has 5 heteroatoms. The Morgan fingerprint density at radius 2 is 1.95 bits per heavy atom. The van der Waals surface area contributed by atoms with Crippen molar-refractivity contribution in [3.05, 3.63) is 0 Å². The Balaban J connectivity index is 2.35. The average molecular weight is 312 g/mol. The van der Waals surface area contributed by atoms with Crippen LogP contribution in [0.25, 0.3) is 0 Å². The molecule has 128 valence electrons. The van der Waals surface area contributed by atoms with Gasteiger partial charge < -0.3 is 15.0 Å². The highest BCUT2D eigenvalue weighted by Crippen LogP contribution is 2.19. The number of carbonyl (C=O) groups is 2. The quantitative estimate of drug-likeness (QED) is 0.765. The average Bonchev–Trinajstić information content (AvgIpc) is 2.45. The van der Waals surface area contributed by atoms with Crippen LogP contribution in [0.4, 0.5) is 4.79 Å². The maximum absolute atomic E-state index is 12.2. The summed E-state index contributed by atoms with van der Waals surface area (Å²) in [6, 6.07) is 0. The molecule has 1 heterocycles. The molecule has 1 aliphatic rings. The highest BCUT2D eigenvalue weighted by atomic mass is 16.6. The van der Waals surface area contributed by atoms with Crippen LogP contribution in [0.1, 0.15) is 66.2 Å². The predicted molar refractivity (Wildman–Crippen MR) is 87.7 cm³/mol. The third kappa shape index (κ3) is 7.14. The number of nitrogens with zero attached hydrogens (tertiary/aromatic N) is 1. The molecule has 0 saturated carbocycles. The smallest absolute Gasteiger partial charge is 0.410 e. The summed E-state index contributed by atoms with van der Waals surface area (Å²) in [7, 11) is 0. The van der Waals surface area contributed by atoms with Crippen LogP contribution < -0.4 is 5.32 Å². The second kappa shape index (κ2) is 9.01. The molecule has 1 unspecified atom stereocenters. The maximum Gasteiger partial charge on any atom is 0.410 e. The van der Waals surface area contributed by atoms with Gasteiger partial charge in [-0.2, -0.15) is 0 Å². The van der Waals surface area contributed by atoms with E-state index in [4.69, 9.17) is 4.74 Å². The van der Waals surface area contributed by atoms with E-state index in [1.165, 1.54) is 12.8 Å². The molecule has 1 fully saturated rings. The molecule has 0 bridgehead atoms. The highest BCUT2D eigenvalue weighted by Gasteiger charge is 2.30. The Kier molecular flexibility index (Phi) is 7.69. The highest BCUT2D eigenvalue weighted by molar-refractivity contribution is 5.80. The molecule has 2 amide bonds. The van der Waals surface area contributed by atoms with Gasteiger partial charge in [-0.15, -0.1) is 0 Å². The SMILES string of the molecule is CCCCCCNC(=O)C1CCCN(C(=O)OC(C)(C)C)C1. The van der Waals surface area contributed by atoms with E-state index in [-0.39, 0.29) is 17.9 Å². The van der Waals surface area contributed by atoms with E-state index in [2.05, 4.69) is 12.2 Å². The molecule has 1 atom stereocenters. The number of hydrogen-bond donors (Lipinski definition) is 1. The largest absolute Gasteiger partial charge is 0.444 e. The van der Waals surface area contributed by atoms with Gasteiger partial charge in [0.05, 0.1) is 5.92 Å². The second-order valence-electron chi connectivity index (χ2n) is 7.12. The lowest BCUT2D eigenvalue weighted by atomic mass is 9.97. The van der Waals surface area contributed by atoms with Gasteiger partial charge in [0.1, 0.15) is 5.60 Å². The van der Waals surface area contributed by atoms with Gasteiger partial charge >= 0.3 is 6.09 Å². The second-order valence-corrected chi connectivity index (χ2v) is 7.12. The normalized spacial score (nSPS) is 18.9. The van der Waals surface area contributed by atoms with Crippen LogP contribution in [-0.4, -0.2) is 42.1 Å². The Hall–Kier alpha value is -1.26. The molecule has 0 aromatic heterocycles. The fourth-order valence-electron chi connectivity index (χ4n) is 2.59. The van der Waals surface area contributed by atoms with Gasteiger partial charge in [-0.05, 0) is 40.0 Å². The van der Waals surface area contributed by atoms with E-state index in [1.807, 2.05) is 20.8 Å². The van der Waals surface area contributed by atoms with Crippen molar-refractivity contribution in [3.8, 4) is 0 Å². The van der Waals surface area contributed by atoms with Crippen molar-refractivity contribution in [2.45, 2.75) is 71.8 Å². The predicted octanol–water partition coefficient (Wildman–Crippen LogP) is 3.33. The van der Waals surface area contributed by atoms with E-state index in [0.29, 0.717) is 13.1 Å². The third-order valence-corrected chi connectivity index (χ3v) is 3.77. The number of rotatable bonds is 6. The molecule has 0 radical (unpaired) electrons. The van der Waals surface area contributed by atoms with Crippen molar-refractivity contribution in [1.82, 2.24) is 10.2 Å². The van der Waals surface area contributed by atoms with Crippen molar-refractivity contribution >= 4 is 12.0 Å². The molecule has 0 spiro atoms. The zero-order valence-electron chi connectivity index (χ0n) is 14.6. The van der Waals surface area contributed by atoms with Crippen LogP contribution in [0.5, 0.6) is 0 Å². The van der Waals surface area contributed by atoms with Gasteiger partial charge in [-0.25, -0.2) is 4.79 Å². The first-order chi connectivity index (χ1) is 10.3. The molecular formula is C17H32N2O3. The van der Waals surface area contributed by atoms with E-state index in [1.54, 1.807) is 4.90 Å². The number of amides is 2. The van der Waals surface area contributed by atoms with Crippen molar-refractivity contribution in [2.75, 3.05) is 19.6 Å². The lowest BCUT2D eigenvalue weighted by Gasteiger charge is -2.33. The Bertz CT molecular complexity index is 363. The number of piperidine rings is 1. The summed E-state index contributed by atoms with van der Waals surface area (Å²) in [5, 5.41) is 3.00. The van der Waals surface area contributed by atoms with E-state index in [0.717, 1.165) is 32.2 Å². The molecule has 1 saturated heterocycles. The van der Waals surface area contributed by atoms with Gasteiger partial charge in [-0.3, -0.25) is 4.79 Å². The van der Waals surface area contributed by atoms with Crippen LogP contribution in [-0.2, 0) is 9.53 Å². The topological polar surface area (TPSA) is 58.6 Å². The van der Waals surface area contributed by atoms with Crippen LogP contribution in [0.3, 0.4) is 0 Å². The number of nitrogens with one attached hydrogen (secondary N) is 1. The molecule has 1 N–H and O–H groups in total. The minimum absolute atomic E-state index is 0.0738. The van der Waals surface area contributed by atoms with Gasteiger partial charge in [0.2, 0.25) is 5.91 Å². The maximum atomic E-state index is 12.2. The molecule has 1 rings (SSSR count). The minimum atomic E-state index is -0.494. The minimum Gasteiger partial charge on any atom is -0.444 e. The summed E-state index contributed by atoms with van der Waals surface area (Å²) in [6.45, 7) is 9.62. The summed E-state index contributed by atoms with van der Waals surface area (Å²) >= 11 is 0. The van der Waals surface area contributed by atoms with Gasteiger partial charge in [0.25, 0.3) is 0 Å². The molecular weight excluding hydrogens is 280 g/mol. The fourth-order valence-corrected chi connectivity index (χ4v) is 2.59. The summed E-state index contributed by atoms with van der Waals surface area (Å²) < 4.78 is 5.39. The van der Waals surface area contributed by atoms with Crippen molar-refractivity contribution in [3.63, 3.8) is 0 Å². The number of hydrogen-bond acceptors (Lipinski definition) is 3. The zero-order chi connectivity index (χ0) is 16.6. The van der Waals surface area contributed by atoms with Crippen LogP contribution in [0, 0.1) is 5.92 Å². The third-order valence-electron chi connectivity index (χ3n) is 3.77. The Labute approximate surface area is 134 Å². The van der Waals surface area contributed by atoms with Gasteiger partial charge in [0, 0.05) is 19.6 Å². The first-order valence-corrected chi connectivity index (χ1v) is 8.59. The van der Waals surface area contributed by atoms with Crippen molar-refractivity contribution in [2.24, 2.45) is 5.92 Å². The van der Waals surface area contributed by atoms with E-state index >= 15 is 0 Å². The molecule has 22 heavy (non-hydrogen) atoms. The summed E-state index contributed by atoms with van der Waals surface area (Å²) in [5.41, 5.74) is -0.494. The monoisotopic (exact) mass is 312 g/mol.